The molecule has 0 rings (SSSR count). The normalized spacial score (nSPS) is 15.3. The molecular weight excluding hydrogens is 136 g/mol. The molecule has 2 unspecified atom stereocenters. The molecule has 0 aromatic rings. The monoisotopic (exact) mass is 154 g/mol. The molecule has 1 nitrogen and oxygen atoms in total. The van der Waals surface area contributed by atoms with Crippen molar-refractivity contribution in [2.45, 2.75) is 33.3 Å². The van der Waals surface area contributed by atoms with Gasteiger partial charge in [0.2, 0.25) is 0 Å². The molecule has 0 aromatic carbocycles. The van der Waals surface area contributed by atoms with Crippen LogP contribution in [0.2, 0.25) is 0 Å². The second kappa shape index (κ2) is 5.14. The van der Waals surface area contributed by atoms with E-state index in [2.05, 4.69) is 26.5 Å². The predicted molar refractivity (Wildman–Crippen MR) is 49.4 cm³/mol. The lowest BCUT2D eigenvalue weighted by atomic mass is 9.99. The first-order chi connectivity index (χ1) is 5.07. The van der Waals surface area contributed by atoms with E-state index in [0.29, 0.717) is 0 Å². The molecule has 0 radical (unpaired) electrons. The van der Waals surface area contributed by atoms with Crippen molar-refractivity contribution in [2.75, 3.05) is 0 Å². The van der Waals surface area contributed by atoms with Crippen LogP contribution in [0.15, 0.2) is 24.3 Å². The molecule has 0 saturated carbocycles. The van der Waals surface area contributed by atoms with Gasteiger partial charge in [-0.15, -0.1) is 6.58 Å². The molecule has 0 aliphatic carbocycles. The van der Waals surface area contributed by atoms with Crippen LogP contribution in [0.1, 0.15) is 27.2 Å². The summed E-state index contributed by atoms with van der Waals surface area (Å²) < 4.78 is 0. The number of rotatable bonds is 4. The summed E-state index contributed by atoms with van der Waals surface area (Å²) in [6.07, 6.45) is 4.54. The van der Waals surface area contributed by atoms with Crippen molar-refractivity contribution in [1.82, 2.24) is 0 Å². The minimum absolute atomic E-state index is 0.199. The number of allylic oxidation sites excluding steroid dienone is 2. The van der Waals surface area contributed by atoms with Crippen LogP contribution >= 0.6 is 0 Å². The Hall–Kier alpha value is -0.560. The maximum atomic E-state index is 9.22. The van der Waals surface area contributed by atoms with Crippen molar-refractivity contribution in [3.05, 3.63) is 24.3 Å². The van der Waals surface area contributed by atoms with Gasteiger partial charge in [-0.25, -0.2) is 0 Å². The quantitative estimate of drug-likeness (QED) is 0.617. The van der Waals surface area contributed by atoms with Gasteiger partial charge in [-0.2, -0.15) is 0 Å². The predicted octanol–water partition coefficient (Wildman–Crippen LogP) is 2.53. The Bertz CT molecular complexity index is 141. The molecule has 0 fully saturated rings. The van der Waals surface area contributed by atoms with Crippen LogP contribution in [0.3, 0.4) is 0 Å². The largest absolute Gasteiger partial charge is 0.393 e. The van der Waals surface area contributed by atoms with Gasteiger partial charge in [0.05, 0.1) is 6.10 Å². The van der Waals surface area contributed by atoms with Crippen molar-refractivity contribution >= 4 is 0 Å². The number of aliphatic hydroxyl groups is 1. The van der Waals surface area contributed by atoms with E-state index in [1.165, 1.54) is 5.57 Å². The lowest BCUT2D eigenvalue weighted by Gasteiger charge is -2.12. The van der Waals surface area contributed by atoms with E-state index in [-0.39, 0.29) is 12.0 Å². The van der Waals surface area contributed by atoms with Crippen LogP contribution in [0, 0.1) is 5.92 Å². The van der Waals surface area contributed by atoms with Crippen LogP contribution < -0.4 is 0 Å². The molecule has 0 amide bonds. The number of hydrogen-bond acceptors (Lipinski definition) is 1. The molecule has 0 saturated heterocycles. The van der Waals surface area contributed by atoms with Crippen LogP contribution in [-0.4, -0.2) is 11.2 Å². The molecular formula is C10H18O. The van der Waals surface area contributed by atoms with Crippen molar-refractivity contribution in [2.24, 2.45) is 5.92 Å². The van der Waals surface area contributed by atoms with Gasteiger partial charge in [-0.1, -0.05) is 17.7 Å². The first-order valence-corrected chi connectivity index (χ1v) is 4.02. The Morgan fingerprint density at radius 1 is 1.55 bits per heavy atom. The van der Waals surface area contributed by atoms with Gasteiger partial charge in [0, 0.05) is 5.92 Å². The highest BCUT2D eigenvalue weighted by Crippen LogP contribution is 2.11. The molecule has 1 N–H and O–H groups in total. The molecule has 0 aliphatic heterocycles. The number of hydrogen-bond donors (Lipinski definition) is 1. The summed E-state index contributed by atoms with van der Waals surface area (Å²) in [4.78, 5) is 0. The zero-order valence-electron chi connectivity index (χ0n) is 7.67. The van der Waals surface area contributed by atoms with Crippen molar-refractivity contribution < 1.29 is 5.11 Å². The maximum Gasteiger partial charge on any atom is 0.0577 e. The van der Waals surface area contributed by atoms with Crippen molar-refractivity contribution in [3.63, 3.8) is 0 Å². The molecule has 0 heterocycles. The minimum Gasteiger partial charge on any atom is -0.393 e. The smallest absolute Gasteiger partial charge is 0.0577 e. The Morgan fingerprint density at radius 3 is 2.36 bits per heavy atom. The standard InChI is InChI=1S/C10H18O/c1-5-10(9(4)11)7-6-8(2)3/h5-6,9-11H,1,7H2,2-4H3. The third kappa shape index (κ3) is 4.79. The Kier molecular flexibility index (Phi) is 4.88. The van der Waals surface area contributed by atoms with E-state index in [4.69, 9.17) is 0 Å². The van der Waals surface area contributed by atoms with Crippen molar-refractivity contribution in [3.8, 4) is 0 Å². The fourth-order valence-corrected chi connectivity index (χ4v) is 0.862. The van der Waals surface area contributed by atoms with Gasteiger partial charge in [-0.3, -0.25) is 0 Å². The van der Waals surface area contributed by atoms with E-state index in [0.717, 1.165) is 6.42 Å². The van der Waals surface area contributed by atoms with Crippen LogP contribution in [0.5, 0.6) is 0 Å². The Labute approximate surface area is 69.4 Å². The SMILES string of the molecule is C=CC(CC=C(C)C)C(C)O. The third-order valence-electron chi connectivity index (χ3n) is 1.72. The first-order valence-electron chi connectivity index (χ1n) is 4.02. The van der Waals surface area contributed by atoms with Crippen LogP contribution in [-0.2, 0) is 0 Å². The van der Waals surface area contributed by atoms with Gasteiger partial charge < -0.3 is 5.11 Å². The van der Waals surface area contributed by atoms with E-state index in [9.17, 15) is 5.11 Å². The van der Waals surface area contributed by atoms with Crippen LogP contribution in [0.25, 0.3) is 0 Å². The molecule has 0 bridgehead atoms. The molecule has 0 aliphatic rings. The zero-order chi connectivity index (χ0) is 8.85. The summed E-state index contributed by atoms with van der Waals surface area (Å²) in [5.41, 5.74) is 1.29. The van der Waals surface area contributed by atoms with Gasteiger partial charge >= 0.3 is 0 Å². The van der Waals surface area contributed by atoms with E-state index in [1.807, 2.05) is 6.08 Å². The van der Waals surface area contributed by atoms with Gasteiger partial charge in [0.1, 0.15) is 0 Å². The highest BCUT2D eigenvalue weighted by atomic mass is 16.3. The molecule has 11 heavy (non-hydrogen) atoms. The topological polar surface area (TPSA) is 20.2 Å². The molecule has 64 valence electrons. The summed E-state index contributed by atoms with van der Waals surface area (Å²) in [6, 6.07) is 0. The Morgan fingerprint density at radius 2 is 2.09 bits per heavy atom. The molecule has 2 atom stereocenters. The summed E-state index contributed by atoms with van der Waals surface area (Å²) in [5.74, 6) is 0.199. The van der Waals surface area contributed by atoms with E-state index in [1.54, 1.807) is 6.92 Å². The van der Waals surface area contributed by atoms with E-state index >= 15 is 0 Å². The summed E-state index contributed by atoms with van der Waals surface area (Å²) in [5, 5.41) is 9.22. The fraction of sp³-hybridized carbons (Fsp3) is 0.600. The number of aliphatic hydroxyl groups excluding tert-OH is 1. The Balaban J connectivity index is 3.89. The minimum atomic E-state index is -0.289. The van der Waals surface area contributed by atoms with Gasteiger partial charge in [0.15, 0.2) is 0 Å². The fourth-order valence-electron chi connectivity index (χ4n) is 0.862. The third-order valence-corrected chi connectivity index (χ3v) is 1.72. The average molecular weight is 154 g/mol. The van der Waals surface area contributed by atoms with Crippen LogP contribution in [0.4, 0.5) is 0 Å². The first kappa shape index (κ1) is 10.4. The van der Waals surface area contributed by atoms with Gasteiger partial charge in [-0.05, 0) is 27.2 Å². The molecule has 0 aromatic heterocycles. The molecule has 0 spiro atoms. The highest BCUT2D eigenvalue weighted by molar-refractivity contribution is 4.97. The summed E-state index contributed by atoms with van der Waals surface area (Å²) >= 11 is 0. The molecule has 1 heteroatoms. The zero-order valence-corrected chi connectivity index (χ0v) is 7.67. The van der Waals surface area contributed by atoms with Gasteiger partial charge in [0.25, 0.3) is 0 Å². The summed E-state index contributed by atoms with van der Waals surface area (Å²) in [7, 11) is 0. The maximum absolute atomic E-state index is 9.22. The second-order valence-electron chi connectivity index (χ2n) is 3.16. The average Bonchev–Trinajstić information content (AvgIpc) is 1.87. The summed E-state index contributed by atoms with van der Waals surface area (Å²) in [6.45, 7) is 9.58. The lowest BCUT2D eigenvalue weighted by Crippen LogP contribution is -2.12. The highest BCUT2D eigenvalue weighted by Gasteiger charge is 2.07. The second-order valence-corrected chi connectivity index (χ2v) is 3.16. The van der Waals surface area contributed by atoms with E-state index < -0.39 is 0 Å². The van der Waals surface area contributed by atoms with Crippen molar-refractivity contribution in [1.29, 1.82) is 0 Å². The lowest BCUT2D eigenvalue weighted by molar-refractivity contribution is 0.150.